The Hall–Kier alpha value is -1.80. The molecular formula is C25H30OS. The molecule has 3 aromatic rings. The topological polar surface area (TPSA) is 17.1 Å². The van der Waals surface area contributed by atoms with Crippen molar-refractivity contribution in [2.24, 2.45) is 5.41 Å². The maximum Gasteiger partial charge on any atom is 0.145 e. The predicted molar refractivity (Wildman–Crippen MR) is 121 cm³/mol. The molecular weight excluding hydrogens is 348 g/mol. The van der Waals surface area contributed by atoms with Crippen LogP contribution in [0.1, 0.15) is 52.5 Å². The van der Waals surface area contributed by atoms with Crippen molar-refractivity contribution >= 4 is 39.1 Å². The van der Waals surface area contributed by atoms with Gasteiger partial charge < -0.3 is 0 Å². The third-order valence-electron chi connectivity index (χ3n) is 4.93. The molecule has 0 radical (unpaired) electrons. The maximum atomic E-state index is 12.7. The van der Waals surface area contributed by atoms with Crippen molar-refractivity contribution in [2.45, 2.75) is 58.0 Å². The van der Waals surface area contributed by atoms with E-state index in [1.165, 1.54) is 27.1 Å². The zero-order valence-electron chi connectivity index (χ0n) is 16.9. The lowest BCUT2D eigenvalue weighted by atomic mass is 9.88. The molecule has 0 amide bonds. The number of hydrogen-bond acceptors (Lipinski definition) is 2. The molecule has 3 rings (SSSR count). The number of rotatable bonds is 7. The molecule has 1 unspecified atom stereocenters. The minimum atomic E-state index is 0.0839. The minimum absolute atomic E-state index is 0.0839. The zero-order chi connectivity index (χ0) is 19.4. The number of ketones is 1. The molecule has 142 valence electrons. The highest BCUT2D eigenvalue weighted by Gasteiger charge is 2.24. The van der Waals surface area contributed by atoms with Gasteiger partial charge in [0, 0.05) is 12.2 Å². The number of thioether (sulfide) groups is 1. The summed E-state index contributed by atoms with van der Waals surface area (Å²) >= 11 is 1.82. The van der Waals surface area contributed by atoms with Gasteiger partial charge in [-0.15, -0.1) is 11.8 Å². The smallest absolute Gasteiger partial charge is 0.145 e. The fourth-order valence-corrected chi connectivity index (χ4v) is 5.13. The van der Waals surface area contributed by atoms with Crippen molar-refractivity contribution in [2.75, 3.05) is 0 Å². The molecule has 2 heteroatoms. The lowest BCUT2D eigenvalue weighted by Crippen LogP contribution is -2.23. The van der Waals surface area contributed by atoms with Gasteiger partial charge in [0.25, 0.3) is 0 Å². The molecule has 3 aromatic carbocycles. The predicted octanol–water partition coefficient (Wildman–Crippen LogP) is 7.40. The molecule has 0 aliphatic carbocycles. The average molecular weight is 379 g/mol. The SMILES string of the molecule is CCCC(=O)C(CC(C)(C)C)SCc1cccc2cc3ccccc3cc12. The van der Waals surface area contributed by atoms with E-state index < -0.39 is 0 Å². The van der Waals surface area contributed by atoms with Gasteiger partial charge in [-0.3, -0.25) is 4.79 Å². The molecule has 0 aliphatic heterocycles. The van der Waals surface area contributed by atoms with Crippen molar-refractivity contribution in [3.8, 4) is 0 Å². The van der Waals surface area contributed by atoms with Crippen LogP contribution in [0.3, 0.4) is 0 Å². The first-order valence-corrected chi connectivity index (χ1v) is 11.0. The van der Waals surface area contributed by atoms with E-state index in [2.05, 4.69) is 82.3 Å². The standard InChI is InChI=1S/C25H30OS/c1-5-9-23(26)24(16-25(2,3)4)27-17-21-13-8-12-20-14-18-10-6-7-11-19(18)15-22(20)21/h6-8,10-15,24H,5,9,16-17H2,1-4H3. The Balaban J connectivity index is 1.87. The molecule has 0 heterocycles. The molecule has 0 saturated carbocycles. The van der Waals surface area contributed by atoms with Gasteiger partial charge >= 0.3 is 0 Å². The summed E-state index contributed by atoms with van der Waals surface area (Å²) in [5.41, 5.74) is 1.49. The Labute approximate surface area is 167 Å². The summed E-state index contributed by atoms with van der Waals surface area (Å²) in [6.07, 6.45) is 2.55. The van der Waals surface area contributed by atoms with Crippen LogP contribution < -0.4 is 0 Å². The summed E-state index contributed by atoms with van der Waals surface area (Å²) in [5, 5.41) is 5.22. The van der Waals surface area contributed by atoms with Gasteiger partial charge in [0.15, 0.2) is 0 Å². The second-order valence-electron chi connectivity index (χ2n) is 8.62. The van der Waals surface area contributed by atoms with Gasteiger partial charge in [-0.1, -0.05) is 70.2 Å². The van der Waals surface area contributed by atoms with Gasteiger partial charge in [-0.2, -0.15) is 0 Å². The second kappa shape index (κ2) is 8.48. The van der Waals surface area contributed by atoms with E-state index in [4.69, 9.17) is 0 Å². The quantitative estimate of drug-likeness (QED) is 0.398. The molecule has 0 aliphatic rings. The van der Waals surface area contributed by atoms with Crippen molar-refractivity contribution in [1.29, 1.82) is 0 Å². The fraction of sp³-hybridized carbons (Fsp3) is 0.400. The molecule has 1 atom stereocenters. The Morgan fingerprint density at radius 1 is 0.963 bits per heavy atom. The van der Waals surface area contributed by atoms with Crippen LogP contribution in [0.4, 0.5) is 0 Å². The summed E-state index contributed by atoms with van der Waals surface area (Å²) in [4.78, 5) is 12.7. The van der Waals surface area contributed by atoms with Gasteiger partial charge in [0.05, 0.1) is 5.25 Å². The Bertz CT molecular complexity index is 936. The van der Waals surface area contributed by atoms with Crippen molar-refractivity contribution in [1.82, 2.24) is 0 Å². The van der Waals surface area contributed by atoms with E-state index in [-0.39, 0.29) is 10.7 Å². The van der Waals surface area contributed by atoms with Crippen LogP contribution in [-0.4, -0.2) is 11.0 Å². The van der Waals surface area contributed by atoms with Crippen LogP contribution in [0, 0.1) is 5.41 Å². The van der Waals surface area contributed by atoms with E-state index in [0.29, 0.717) is 12.2 Å². The van der Waals surface area contributed by atoms with E-state index in [9.17, 15) is 4.79 Å². The second-order valence-corrected chi connectivity index (χ2v) is 9.81. The molecule has 0 aromatic heterocycles. The van der Waals surface area contributed by atoms with Crippen LogP contribution in [0.5, 0.6) is 0 Å². The largest absolute Gasteiger partial charge is 0.298 e. The van der Waals surface area contributed by atoms with E-state index in [1.807, 2.05) is 11.8 Å². The molecule has 1 nitrogen and oxygen atoms in total. The first-order valence-electron chi connectivity index (χ1n) is 9.92. The number of Topliss-reactive ketones (excluding diaryl/α,β-unsaturated/α-hetero) is 1. The number of fused-ring (bicyclic) bond motifs is 2. The highest BCUT2D eigenvalue weighted by molar-refractivity contribution is 7.99. The summed E-state index contributed by atoms with van der Waals surface area (Å²) in [6.45, 7) is 8.77. The zero-order valence-corrected chi connectivity index (χ0v) is 17.7. The molecule has 0 fully saturated rings. The van der Waals surface area contributed by atoms with Gasteiger partial charge in [-0.25, -0.2) is 0 Å². The minimum Gasteiger partial charge on any atom is -0.298 e. The number of hydrogen-bond donors (Lipinski definition) is 0. The molecule has 0 N–H and O–H groups in total. The molecule has 0 saturated heterocycles. The van der Waals surface area contributed by atoms with Gasteiger partial charge in [-0.05, 0) is 57.5 Å². The molecule has 0 bridgehead atoms. The summed E-state index contributed by atoms with van der Waals surface area (Å²) in [6, 6.07) is 19.6. The summed E-state index contributed by atoms with van der Waals surface area (Å²) in [5.74, 6) is 1.29. The fourth-order valence-electron chi connectivity index (χ4n) is 3.58. The van der Waals surface area contributed by atoms with Gasteiger partial charge in [0.2, 0.25) is 0 Å². The Morgan fingerprint density at radius 2 is 1.63 bits per heavy atom. The number of benzene rings is 3. The maximum absolute atomic E-state index is 12.7. The average Bonchev–Trinajstić information content (AvgIpc) is 2.62. The summed E-state index contributed by atoms with van der Waals surface area (Å²) in [7, 11) is 0. The number of carbonyl (C=O) groups is 1. The highest BCUT2D eigenvalue weighted by Crippen LogP contribution is 2.33. The van der Waals surface area contributed by atoms with Crippen LogP contribution in [-0.2, 0) is 10.5 Å². The van der Waals surface area contributed by atoms with E-state index in [0.717, 1.165) is 18.6 Å². The molecule has 0 spiro atoms. The van der Waals surface area contributed by atoms with E-state index >= 15 is 0 Å². The third kappa shape index (κ3) is 5.13. The van der Waals surface area contributed by atoms with Crippen LogP contribution in [0.2, 0.25) is 0 Å². The first-order chi connectivity index (χ1) is 12.9. The first kappa shape index (κ1) is 19.9. The molecule has 27 heavy (non-hydrogen) atoms. The van der Waals surface area contributed by atoms with Crippen LogP contribution in [0.15, 0.2) is 54.6 Å². The number of carbonyl (C=O) groups excluding carboxylic acids is 1. The van der Waals surface area contributed by atoms with Crippen molar-refractivity contribution in [3.05, 3.63) is 60.2 Å². The van der Waals surface area contributed by atoms with Crippen molar-refractivity contribution < 1.29 is 4.79 Å². The van der Waals surface area contributed by atoms with Crippen molar-refractivity contribution in [3.63, 3.8) is 0 Å². The monoisotopic (exact) mass is 378 g/mol. The summed E-state index contributed by atoms with van der Waals surface area (Å²) < 4.78 is 0. The van der Waals surface area contributed by atoms with Crippen LogP contribution >= 0.6 is 11.8 Å². The third-order valence-corrected chi connectivity index (χ3v) is 6.24. The van der Waals surface area contributed by atoms with Crippen LogP contribution in [0.25, 0.3) is 21.5 Å². The van der Waals surface area contributed by atoms with E-state index in [1.54, 1.807) is 0 Å². The highest BCUT2D eigenvalue weighted by atomic mass is 32.2. The Morgan fingerprint density at radius 3 is 2.30 bits per heavy atom. The normalized spacial score (nSPS) is 13.2. The Kier molecular flexibility index (Phi) is 6.26. The van der Waals surface area contributed by atoms with Gasteiger partial charge in [0.1, 0.15) is 5.78 Å². The lowest BCUT2D eigenvalue weighted by Gasteiger charge is -2.25. The lowest BCUT2D eigenvalue weighted by molar-refractivity contribution is -0.119.